The summed E-state index contributed by atoms with van der Waals surface area (Å²) >= 11 is 0.0577. The number of ether oxygens (including phenoxy) is 2. The highest BCUT2D eigenvalue weighted by Crippen LogP contribution is 2.56. The van der Waals surface area contributed by atoms with Gasteiger partial charge in [0, 0.05) is 5.41 Å². The van der Waals surface area contributed by atoms with Crippen LogP contribution in [0, 0.1) is 5.41 Å². The molecule has 0 aromatic rings. The molecule has 7 nitrogen and oxygen atoms in total. The number of alkyl halides is 9. The number of carbonyl (C=O) groups excluding carboxylic acids is 2. The van der Waals surface area contributed by atoms with Crippen LogP contribution in [0.25, 0.3) is 0 Å². The van der Waals surface area contributed by atoms with Crippen LogP contribution in [0.4, 0.5) is 39.5 Å². The van der Waals surface area contributed by atoms with Crippen LogP contribution in [0.15, 0.2) is 0 Å². The van der Waals surface area contributed by atoms with E-state index >= 15 is 0 Å². The first kappa shape index (κ1) is 31.6. The second-order valence-electron chi connectivity index (χ2n) is 7.86. The summed E-state index contributed by atoms with van der Waals surface area (Å²) in [4.78, 5) is 25.0. The fraction of sp³-hybridized carbons (Fsp3) is 0.889. The van der Waals surface area contributed by atoms with Crippen LogP contribution < -0.4 is 0 Å². The van der Waals surface area contributed by atoms with E-state index in [1.54, 1.807) is 13.8 Å². The molecule has 0 bridgehead atoms. The number of halogens is 9. The smallest absolute Gasteiger partial charge is 0.460 e. The van der Waals surface area contributed by atoms with E-state index in [9.17, 15) is 49.1 Å². The van der Waals surface area contributed by atoms with Gasteiger partial charge in [-0.15, -0.1) is 4.33 Å². The molecule has 17 heteroatoms. The Labute approximate surface area is 197 Å². The first-order valence-electron chi connectivity index (χ1n) is 10.1. The third-order valence-corrected chi connectivity index (χ3v) is 7.00. The Bertz CT molecular complexity index is 750. The number of unbranched alkanes of at least 4 members (excludes halogenated alkanes) is 1. The molecule has 0 aromatic carbocycles. The van der Waals surface area contributed by atoms with Gasteiger partial charge in [-0.2, -0.15) is 39.5 Å². The molecule has 206 valence electrons. The van der Waals surface area contributed by atoms with Gasteiger partial charge in [-0.1, -0.05) is 31.7 Å². The van der Waals surface area contributed by atoms with E-state index in [1.807, 2.05) is 0 Å². The summed E-state index contributed by atoms with van der Waals surface area (Å²) in [5.41, 5.74) is -1.30. The zero-order valence-electron chi connectivity index (χ0n) is 18.4. The lowest BCUT2D eigenvalue weighted by Crippen LogP contribution is -2.61. The van der Waals surface area contributed by atoms with E-state index in [0.29, 0.717) is 12.8 Å². The Balaban J connectivity index is 3.21. The molecule has 1 N–H and O–H groups in total. The van der Waals surface area contributed by atoms with Gasteiger partial charge in [0.15, 0.2) is 4.75 Å². The largest absolute Gasteiger partial charge is 0.465 e. The molecular weight excluding hydrogens is 531 g/mol. The molecule has 0 aromatic heterocycles. The van der Waals surface area contributed by atoms with E-state index in [-0.39, 0.29) is 24.9 Å². The molecule has 35 heavy (non-hydrogen) atoms. The van der Waals surface area contributed by atoms with Crippen molar-refractivity contribution in [1.29, 1.82) is 0 Å². The Morgan fingerprint density at radius 2 is 1.69 bits per heavy atom. The molecule has 1 heterocycles. The molecule has 0 spiro atoms. The topological polar surface area (TPSA) is 91.3 Å². The van der Waals surface area contributed by atoms with E-state index < -0.39 is 72.1 Å². The maximum Gasteiger partial charge on any atom is 0.460 e. The molecule has 1 aliphatic rings. The van der Waals surface area contributed by atoms with Crippen molar-refractivity contribution in [3.63, 3.8) is 0 Å². The lowest BCUT2D eigenvalue weighted by atomic mass is 9.67. The van der Waals surface area contributed by atoms with Crippen LogP contribution in [-0.2, 0) is 28.4 Å². The van der Waals surface area contributed by atoms with Crippen molar-refractivity contribution >= 4 is 24.0 Å². The van der Waals surface area contributed by atoms with Gasteiger partial charge in [0.25, 0.3) is 0 Å². The minimum Gasteiger partial charge on any atom is -0.465 e. The van der Waals surface area contributed by atoms with Crippen molar-refractivity contribution in [2.45, 2.75) is 81.1 Å². The van der Waals surface area contributed by atoms with Crippen molar-refractivity contribution in [3.05, 3.63) is 0 Å². The Morgan fingerprint density at radius 3 is 2.17 bits per heavy atom. The van der Waals surface area contributed by atoms with Gasteiger partial charge in [-0.05, 0) is 12.8 Å². The molecule has 0 saturated carbocycles. The fourth-order valence-electron chi connectivity index (χ4n) is 3.60. The van der Waals surface area contributed by atoms with E-state index in [0.717, 1.165) is 0 Å². The molecule has 1 saturated heterocycles. The van der Waals surface area contributed by atoms with Crippen molar-refractivity contribution in [3.8, 4) is 0 Å². The maximum absolute atomic E-state index is 13.8. The lowest BCUT2D eigenvalue weighted by Gasteiger charge is -2.48. The molecule has 1 fully saturated rings. The molecule has 0 radical (unpaired) electrons. The summed E-state index contributed by atoms with van der Waals surface area (Å²) in [6.45, 7) is 1.22. The summed E-state index contributed by atoms with van der Waals surface area (Å²) in [5.74, 6) is -22.4. The van der Waals surface area contributed by atoms with E-state index in [2.05, 4.69) is 14.1 Å². The molecule has 1 aliphatic heterocycles. The third kappa shape index (κ3) is 5.93. The molecule has 0 aliphatic carbocycles. The standard InChI is InChI=1S/C18H23F9O7S/c1-3-5-6-13(4-2)10-32-11(28)9-14(13,35-34-33-30)12(29)31-8-7-15(19,20)16(21,22)17(23,24)18(25,26)27/h30H,3-10H2,1-2H3. The maximum atomic E-state index is 13.8. The average Bonchev–Trinajstić information content (AvgIpc) is 2.75. The molecule has 2 unspecified atom stereocenters. The first-order valence-corrected chi connectivity index (χ1v) is 10.8. The SMILES string of the molecule is CCCCC1(CC)COC(=O)CC1(SOOO)C(=O)OCCC(F)(F)C(F)(F)C(F)(F)C(F)(F)F. The van der Waals surface area contributed by atoms with Crippen LogP contribution >= 0.6 is 12.0 Å². The predicted octanol–water partition coefficient (Wildman–Crippen LogP) is 5.73. The van der Waals surface area contributed by atoms with Crippen LogP contribution in [-0.4, -0.2) is 59.1 Å². The normalized spacial score (nSPS) is 24.3. The van der Waals surface area contributed by atoms with Crippen LogP contribution in [0.3, 0.4) is 0 Å². The number of esters is 2. The number of hydrogen-bond acceptors (Lipinski definition) is 8. The van der Waals surface area contributed by atoms with Gasteiger partial charge in [0.1, 0.15) is 0 Å². The molecule has 2 atom stereocenters. The van der Waals surface area contributed by atoms with Crippen LogP contribution in [0.2, 0.25) is 0 Å². The van der Waals surface area contributed by atoms with Gasteiger partial charge in [0.05, 0.1) is 38.1 Å². The third-order valence-electron chi connectivity index (χ3n) is 5.84. The van der Waals surface area contributed by atoms with Crippen molar-refractivity contribution in [2.24, 2.45) is 5.41 Å². The summed E-state index contributed by atoms with van der Waals surface area (Å²) < 4.78 is 129. The average molecular weight is 554 g/mol. The highest BCUT2D eigenvalue weighted by atomic mass is 32.2. The van der Waals surface area contributed by atoms with Gasteiger partial charge in [-0.25, -0.2) is 5.26 Å². The summed E-state index contributed by atoms with van der Waals surface area (Å²) in [6, 6.07) is 0. The number of cyclic esters (lactones) is 1. The Morgan fingerprint density at radius 1 is 1.09 bits per heavy atom. The van der Waals surface area contributed by atoms with Crippen LogP contribution in [0.1, 0.15) is 52.4 Å². The second kappa shape index (κ2) is 11.3. The number of hydrogen-bond donors (Lipinski definition) is 1. The molecular formula is C18H23F9O7S. The Hall–Kier alpha value is -1.46. The van der Waals surface area contributed by atoms with Gasteiger partial charge in [0.2, 0.25) is 0 Å². The molecule has 1 rings (SSSR count). The van der Waals surface area contributed by atoms with Crippen molar-refractivity contribution < 1.29 is 73.2 Å². The van der Waals surface area contributed by atoms with E-state index in [1.165, 1.54) is 0 Å². The van der Waals surface area contributed by atoms with Crippen molar-refractivity contribution in [1.82, 2.24) is 0 Å². The highest BCUT2D eigenvalue weighted by Gasteiger charge is 2.81. The summed E-state index contributed by atoms with van der Waals surface area (Å²) in [7, 11) is 0. The quantitative estimate of drug-likeness (QED) is 0.102. The minimum atomic E-state index is -7.08. The second-order valence-corrected chi connectivity index (χ2v) is 8.86. The molecule has 0 amide bonds. The minimum absolute atomic E-state index is 0.0577. The number of carbonyl (C=O) groups is 2. The zero-order valence-corrected chi connectivity index (χ0v) is 19.2. The predicted molar refractivity (Wildman–Crippen MR) is 99.4 cm³/mol. The summed E-state index contributed by atoms with van der Waals surface area (Å²) in [5, 5.41) is 12.0. The Kier molecular flexibility index (Phi) is 10.2. The number of rotatable bonds is 13. The highest BCUT2D eigenvalue weighted by molar-refractivity contribution is 7.96. The van der Waals surface area contributed by atoms with Gasteiger partial charge >= 0.3 is 35.9 Å². The first-order chi connectivity index (χ1) is 15.9. The summed E-state index contributed by atoms with van der Waals surface area (Å²) in [6.07, 6.45) is -8.93. The van der Waals surface area contributed by atoms with Gasteiger partial charge in [-0.3, -0.25) is 9.59 Å². The van der Waals surface area contributed by atoms with Crippen LogP contribution in [0.5, 0.6) is 0 Å². The van der Waals surface area contributed by atoms with Gasteiger partial charge < -0.3 is 9.47 Å². The fourth-order valence-corrected chi connectivity index (χ4v) is 4.53. The zero-order chi connectivity index (χ0) is 27.3. The monoisotopic (exact) mass is 554 g/mol. The lowest BCUT2D eigenvalue weighted by molar-refractivity contribution is -0.432. The van der Waals surface area contributed by atoms with E-state index in [4.69, 9.17) is 9.99 Å². The van der Waals surface area contributed by atoms with Crippen molar-refractivity contribution in [2.75, 3.05) is 13.2 Å².